The Morgan fingerprint density at radius 2 is 1.76 bits per heavy atom. The zero-order valence-electron chi connectivity index (χ0n) is 13.9. The van der Waals surface area contributed by atoms with Gasteiger partial charge in [-0.25, -0.2) is 8.42 Å². The molecule has 3 rings (SSSR count). The van der Waals surface area contributed by atoms with Gasteiger partial charge in [0.2, 0.25) is 0 Å². The second-order valence-electron chi connectivity index (χ2n) is 5.54. The lowest BCUT2D eigenvalue weighted by atomic mass is 10.1. The second kappa shape index (κ2) is 6.99. The fourth-order valence-electron chi connectivity index (χ4n) is 2.68. The van der Waals surface area contributed by atoms with Crippen LogP contribution in [0.1, 0.15) is 0 Å². The molecule has 4 nitrogen and oxygen atoms in total. The quantitative estimate of drug-likeness (QED) is 0.623. The minimum absolute atomic E-state index is 0.169. The van der Waals surface area contributed by atoms with Crippen molar-refractivity contribution < 1.29 is 13.2 Å². The van der Waals surface area contributed by atoms with Crippen LogP contribution in [0.15, 0.2) is 84.3 Å². The van der Waals surface area contributed by atoms with Crippen molar-refractivity contribution in [2.75, 3.05) is 18.0 Å². The highest BCUT2D eigenvalue weighted by atomic mass is 32.2. The van der Waals surface area contributed by atoms with E-state index in [1.165, 1.54) is 4.31 Å². The molecule has 0 atom stereocenters. The molecule has 0 radical (unpaired) electrons. The topological polar surface area (TPSA) is 46.6 Å². The van der Waals surface area contributed by atoms with Gasteiger partial charge in [-0.3, -0.25) is 4.31 Å². The van der Waals surface area contributed by atoms with Gasteiger partial charge < -0.3 is 4.74 Å². The zero-order chi connectivity index (χ0) is 17.9. The van der Waals surface area contributed by atoms with E-state index in [2.05, 4.69) is 6.58 Å². The molecule has 3 aromatic rings. The molecule has 0 aliphatic rings. The van der Waals surface area contributed by atoms with E-state index in [-0.39, 0.29) is 11.4 Å². The number of anilines is 1. The Labute approximate surface area is 148 Å². The van der Waals surface area contributed by atoms with E-state index >= 15 is 0 Å². The van der Waals surface area contributed by atoms with E-state index < -0.39 is 10.0 Å². The SMILES string of the molecule is C=CCN(c1cccc(OC)c1)S(=O)(=O)c1ccc2ccccc2c1. The number of hydrogen-bond donors (Lipinski definition) is 0. The van der Waals surface area contributed by atoms with Crippen molar-refractivity contribution in [1.82, 2.24) is 0 Å². The number of hydrogen-bond acceptors (Lipinski definition) is 3. The van der Waals surface area contributed by atoms with Crippen molar-refractivity contribution in [3.8, 4) is 5.75 Å². The number of sulfonamides is 1. The summed E-state index contributed by atoms with van der Waals surface area (Å²) in [7, 11) is -2.18. The zero-order valence-corrected chi connectivity index (χ0v) is 14.7. The molecule has 0 saturated carbocycles. The van der Waals surface area contributed by atoms with Gasteiger partial charge in [0.05, 0.1) is 24.2 Å². The lowest BCUT2D eigenvalue weighted by molar-refractivity contribution is 0.415. The van der Waals surface area contributed by atoms with Gasteiger partial charge in [0.1, 0.15) is 5.75 Å². The predicted octanol–water partition coefficient (Wildman–Crippen LogP) is 4.23. The van der Waals surface area contributed by atoms with Gasteiger partial charge in [-0.2, -0.15) is 0 Å². The van der Waals surface area contributed by atoms with Crippen molar-refractivity contribution in [1.29, 1.82) is 0 Å². The van der Waals surface area contributed by atoms with Gasteiger partial charge in [0, 0.05) is 6.07 Å². The van der Waals surface area contributed by atoms with Crippen LogP contribution in [-0.2, 0) is 10.0 Å². The van der Waals surface area contributed by atoms with Crippen LogP contribution in [0.25, 0.3) is 10.8 Å². The summed E-state index contributed by atoms with van der Waals surface area (Å²) in [5.74, 6) is 0.597. The summed E-state index contributed by atoms with van der Waals surface area (Å²) >= 11 is 0. The van der Waals surface area contributed by atoms with Crippen molar-refractivity contribution in [3.05, 3.63) is 79.4 Å². The molecule has 0 bridgehead atoms. The maximum Gasteiger partial charge on any atom is 0.264 e. The summed E-state index contributed by atoms with van der Waals surface area (Å²) in [5.41, 5.74) is 0.535. The first-order valence-electron chi connectivity index (χ1n) is 7.83. The van der Waals surface area contributed by atoms with Crippen molar-refractivity contribution in [2.45, 2.75) is 4.90 Å². The molecule has 0 unspecified atom stereocenters. The maximum atomic E-state index is 13.2. The largest absolute Gasteiger partial charge is 0.497 e. The molecule has 0 aliphatic heterocycles. The van der Waals surface area contributed by atoms with Gasteiger partial charge in [0.25, 0.3) is 10.0 Å². The molecule has 0 fully saturated rings. The van der Waals surface area contributed by atoms with Crippen LogP contribution in [0.2, 0.25) is 0 Å². The van der Waals surface area contributed by atoms with Crippen LogP contribution in [0.4, 0.5) is 5.69 Å². The van der Waals surface area contributed by atoms with E-state index in [4.69, 9.17) is 4.74 Å². The highest BCUT2D eigenvalue weighted by Crippen LogP contribution is 2.28. The highest BCUT2D eigenvalue weighted by molar-refractivity contribution is 7.92. The first kappa shape index (κ1) is 17.0. The molecule has 5 heteroatoms. The fourth-order valence-corrected chi connectivity index (χ4v) is 4.14. The van der Waals surface area contributed by atoms with Crippen LogP contribution in [0.3, 0.4) is 0 Å². The third kappa shape index (κ3) is 3.37. The number of methoxy groups -OCH3 is 1. The molecular weight excluding hydrogens is 334 g/mol. The van der Waals surface area contributed by atoms with Gasteiger partial charge in [-0.05, 0) is 35.0 Å². The molecule has 128 valence electrons. The lowest BCUT2D eigenvalue weighted by Gasteiger charge is -2.23. The van der Waals surface area contributed by atoms with Crippen molar-refractivity contribution >= 4 is 26.5 Å². The van der Waals surface area contributed by atoms with E-state index in [1.807, 2.05) is 30.3 Å². The number of fused-ring (bicyclic) bond motifs is 1. The first-order valence-corrected chi connectivity index (χ1v) is 9.27. The molecule has 3 aromatic carbocycles. The Kier molecular flexibility index (Phi) is 4.76. The number of rotatable bonds is 6. The third-order valence-electron chi connectivity index (χ3n) is 3.95. The van der Waals surface area contributed by atoms with E-state index in [1.54, 1.807) is 49.6 Å². The number of ether oxygens (including phenoxy) is 1. The predicted molar refractivity (Wildman–Crippen MR) is 102 cm³/mol. The van der Waals surface area contributed by atoms with E-state index in [0.717, 1.165) is 10.8 Å². The highest BCUT2D eigenvalue weighted by Gasteiger charge is 2.24. The maximum absolute atomic E-state index is 13.2. The smallest absolute Gasteiger partial charge is 0.264 e. The molecule has 25 heavy (non-hydrogen) atoms. The fraction of sp³-hybridized carbons (Fsp3) is 0.100. The second-order valence-corrected chi connectivity index (χ2v) is 7.40. The number of benzene rings is 3. The summed E-state index contributed by atoms with van der Waals surface area (Å²) < 4.78 is 32.9. The minimum Gasteiger partial charge on any atom is -0.497 e. The van der Waals surface area contributed by atoms with Gasteiger partial charge in [0.15, 0.2) is 0 Å². The standard InChI is InChI=1S/C20H19NO3S/c1-3-13-21(18-9-6-10-19(15-18)24-2)25(22,23)20-12-11-16-7-4-5-8-17(16)14-20/h3-12,14-15H,1,13H2,2H3. The average Bonchev–Trinajstić information content (AvgIpc) is 2.65. The third-order valence-corrected chi connectivity index (χ3v) is 5.73. The molecule has 0 N–H and O–H groups in total. The van der Waals surface area contributed by atoms with Gasteiger partial charge in [-0.1, -0.05) is 42.5 Å². The molecule has 0 amide bonds. The van der Waals surface area contributed by atoms with Crippen LogP contribution in [0.5, 0.6) is 5.75 Å². The van der Waals surface area contributed by atoms with Crippen LogP contribution < -0.4 is 9.04 Å². The summed E-state index contributed by atoms with van der Waals surface area (Å²) in [6.45, 7) is 3.86. The van der Waals surface area contributed by atoms with Crippen LogP contribution >= 0.6 is 0 Å². The summed E-state index contributed by atoms with van der Waals surface area (Å²) in [6, 6.07) is 19.8. The normalized spacial score (nSPS) is 11.2. The lowest BCUT2D eigenvalue weighted by Crippen LogP contribution is -2.31. The number of nitrogens with zero attached hydrogens (tertiary/aromatic N) is 1. The van der Waals surface area contributed by atoms with E-state index in [9.17, 15) is 8.42 Å². The molecular formula is C20H19NO3S. The Morgan fingerprint density at radius 3 is 2.48 bits per heavy atom. The molecule has 0 aliphatic carbocycles. The Morgan fingerprint density at radius 1 is 1.00 bits per heavy atom. The van der Waals surface area contributed by atoms with Gasteiger partial charge in [-0.15, -0.1) is 6.58 Å². The molecule has 0 aromatic heterocycles. The molecule has 0 saturated heterocycles. The summed E-state index contributed by atoms with van der Waals surface area (Å²) in [4.78, 5) is 0.246. The van der Waals surface area contributed by atoms with Crippen LogP contribution in [0, 0.1) is 0 Å². The van der Waals surface area contributed by atoms with Gasteiger partial charge >= 0.3 is 0 Å². The molecule has 0 heterocycles. The Bertz CT molecular complexity index is 1010. The average molecular weight is 353 g/mol. The Balaban J connectivity index is 2.10. The summed E-state index contributed by atoms with van der Waals surface area (Å²) in [5, 5.41) is 1.88. The summed E-state index contributed by atoms with van der Waals surface area (Å²) in [6.07, 6.45) is 1.57. The minimum atomic E-state index is -3.73. The Hall–Kier alpha value is -2.79. The van der Waals surface area contributed by atoms with Crippen LogP contribution in [-0.4, -0.2) is 22.1 Å². The molecule has 0 spiro atoms. The van der Waals surface area contributed by atoms with Crippen molar-refractivity contribution in [2.24, 2.45) is 0 Å². The first-order chi connectivity index (χ1) is 12.1. The van der Waals surface area contributed by atoms with E-state index in [0.29, 0.717) is 11.4 Å². The van der Waals surface area contributed by atoms with Crippen molar-refractivity contribution in [3.63, 3.8) is 0 Å². The monoisotopic (exact) mass is 353 g/mol.